The first-order valence-corrected chi connectivity index (χ1v) is 8.89. The largest absolute Gasteiger partial charge is 0.573 e. The van der Waals surface area contributed by atoms with Crippen LogP contribution in [0.4, 0.5) is 19.1 Å². The number of benzene rings is 2. The van der Waals surface area contributed by atoms with Crippen molar-refractivity contribution in [3.05, 3.63) is 53.6 Å². The van der Waals surface area contributed by atoms with Gasteiger partial charge < -0.3 is 10.1 Å². The summed E-state index contributed by atoms with van der Waals surface area (Å²) in [6, 6.07) is 13.0. The highest BCUT2D eigenvalue weighted by Crippen LogP contribution is 2.27. The monoisotopic (exact) mass is 401 g/mol. The number of hydrogen-bond acceptors (Lipinski definition) is 5. The fraction of sp³-hybridized carbons (Fsp3) is 0.250. The summed E-state index contributed by atoms with van der Waals surface area (Å²) in [6.07, 6.45) is -2.92. The molecule has 1 heterocycles. The molecule has 0 aliphatic rings. The number of halogens is 3. The molecule has 0 saturated carbocycles. The first-order valence-electron chi connectivity index (χ1n) is 8.89. The van der Waals surface area contributed by atoms with Crippen LogP contribution in [0.3, 0.4) is 0 Å². The number of anilines is 1. The minimum atomic E-state index is -4.75. The van der Waals surface area contributed by atoms with Gasteiger partial charge in [-0.05, 0) is 48.4 Å². The van der Waals surface area contributed by atoms with Crippen LogP contribution in [-0.4, -0.2) is 28.2 Å². The molecular weight excluding hydrogens is 383 g/mol. The molecule has 0 atom stereocenters. The molecule has 150 valence electrons. The Morgan fingerprint density at radius 2 is 1.90 bits per heavy atom. The Bertz CT molecular complexity index is 1040. The van der Waals surface area contributed by atoms with Gasteiger partial charge in [-0.2, -0.15) is 14.9 Å². The van der Waals surface area contributed by atoms with E-state index in [2.05, 4.69) is 33.1 Å². The number of aryl methyl sites for hydroxylation is 1. The average molecular weight is 401 g/mol. The van der Waals surface area contributed by atoms with Crippen LogP contribution >= 0.6 is 0 Å². The predicted molar refractivity (Wildman–Crippen MR) is 102 cm³/mol. The van der Waals surface area contributed by atoms with Crippen molar-refractivity contribution in [1.82, 2.24) is 14.8 Å². The second-order valence-electron chi connectivity index (χ2n) is 6.20. The van der Waals surface area contributed by atoms with E-state index < -0.39 is 6.36 Å². The second kappa shape index (κ2) is 8.22. The number of nitriles is 1. The molecule has 29 heavy (non-hydrogen) atoms. The third kappa shape index (κ3) is 4.66. The van der Waals surface area contributed by atoms with E-state index >= 15 is 0 Å². The van der Waals surface area contributed by atoms with E-state index in [0.717, 1.165) is 18.4 Å². The Morgan fingerprint density at radius 3 is 2.48 bits per heavy atom. The van der Waals surface area contributed by atoms with Gasteiger partial charge in [-0.25, -0.2) is 0 Å². The van der Waals surface area contributed by atoms with E-state index in [1.165, 1.54) is 28.9 Å². The van der Waals surface area contributed by atoms with Crippen LogP contribution in [0.15, 0.2) is 42.5 Å². The van der Waals surface area contributed by atoms with Gasteiger partial charge >= 0.3 is 6.36 Å². The van der Waals surface area contributed by atoms with Crippen LogP contribution in [-0.2, 0) is 6.42 Å². The molecule has 0 saturated heterocycles. The van der Waals surface area contributed by atoms with Crippen LogP contribution in [0.25, 0.3) is 17.1 Å². The molecule has 0 amide bonds. The van der Waals surface area contributed by atoms with Gasteiger partial charge in [-0.15, -0.1) is 18.3 Å². The van der Waals surface area contributed by atoms with E-state index in [1.54, 1.807) is 7.05 Å². The first kappa shape index (κ1) is 20.2. The Kier molecular flexibility index (Phi) is 5.73. The van der Waals surface area contributed by atoms with Crippen LogP contribution < -0.4 is 10.1 Å². The van der Waals surface area contributed by atoms with Crippen LogP contribution in [0.5, 0.6) is 5.75 Å². The molecule has 9 heteroatoms. The van der Waals surface area contributed by atoms with Crippen molar-refractivity contribution in [2.24, 2.45) is 0 Å². The van der Waals surface area contributed by atoms with Crippen molar-refractivity contribution < 1.29 is 17.9 Å². The molecule has 0 aliphatic heterocycles. The number of nitrogens with zero attached hydrogens (tertiary/aromatic N) is 4. The minimum absolute atomic E-state index is 0.328. The standard InChI is InChI=1S/C20H18F3N5O/c1-3-4-13-5-10-17(14(11-13)12-24)18-26-19(25-2)28(27-18)15-6-8-16(9-7-15)29-20(21,22)23/h5-11H,3-4H2,1-2H3,(H,25,26,27). The van der Waals surface area contributed by atoms with Gasteiger partial charge in [0, 0.05) is 12.6 Å². The van der Waals surface area contributed by atoms with Gasteiger partial charge in [0.05, 0.1) is 17.3 Å². The third-order valence-electron chi connectivity index (χ3n) is 4.13. The third-order valence-corrected chi connectivity index (χ3v) is 4.13. The zero-order valence-electron chi connectivity index (χ0n) is 15.8. The average Bonchev–Trinajstić information content (AvgIpc) is 3.11. The molecule has 0 spiro atoms. The Morgan fingerprint density at radius 1 is 1.17 bits per heavy atom. The molecular formula is C20H18F3N5O. The van der Waals surface area contributed by atoms with E-state index in [1.807, 2.05) is 18.2 Å². The quantitative estimate of drug-likeness (QED) is 0.648. The van der Waals surface area contributed by atoms with Crippen LogP contribution in [0.2, 0.25) is 0 Å². The zero-order chi connectivity index (χ0) is 21.0. The molecule has 0 unspecified atom stereocenters. The SMILES string of the molecule is CCCc1ccc(-c2nc(NC)n(-c3ccc(OC(F)(F)F)cc3)n2)c(C#N)c1. The van der Waals surface area contributed by atoms with Gasteiger partial charge in [0.2, 0.25) is 5.95 Å². The molecule has 0 radical (unpaired) electrons. The summed E-state index contributed by atoms with van der Waals surface area (Å²) in [5, 5.41) is 16.9. The number of aromatic nitrogens is 3. The summed E-state index contributed by atoms with van der Waals surface area (Å²) < 4.78 is 42.3. The van der Waals surface area contributed by atoms with E-state index in [-0.39, 0.29) is 5.75 Å². The molecule has 3 aromatic rings. The maximum Gasteiger partial charge on any atom is 0.573 e. The summed E-state index contributed by atoms with van der Waals surface area (Å²) in [4.78, 5) is 4.42. The molecule has 0 aliphatic carbocycles. The van der Waals surface area contributed by atoms with E-state index in [9.17, 15) is 18.4 Å². The van der Waals surface area contributed by atoms with Gasteiger partial charge in [-0.1, -0.05) is 19.4 Å². The highest BCUT2D eigenvalue weighted by atomic mass is 19.4. The van der Waals surface area contributed by atoms with Crippen molar-refractivity contribution >= 4 is 5.95 Å². The maximum atomic E-state index is 12.3. The zero-order valence-corrected chi connectivity index (χ0v) is 15.8. The van der Waals surface area contributed by atoms with E-state index in [4.69, 9.17) is 0 Å². The number of ether oxygens (including phenoxy) is 1. The Balaban J connectivity index is 1.97. The molecule has 1 N–H and O–H groups in total. The summed E-state index contributed by atoms with van der Waals surface area (Å²) in [5.74, 6) is 0.390. The molecule has 0 bridgehead atoms. The lowest BCUT2D eigenvalue weighted by Crippen LogP contribution is -2.17. The summed E-state index contributed by atoms with van der Waals surface area (Å²) >= 11 is 0. The lowest BCUT2D eigenvalue weighted by atomic mass is 10.0. The lowest BCUT2D eigenvalue weighted by molar-refractivity contribution is -0.274. The summed E-state index contributed by atoms with van der Waals surface area (Å²) in [7, 11) is 1.65. The normalized spacial score (nSPS) is 11.2. The fourth-order valence-corrected chi connectivity index (χ4v) is 2.88. The number of rotatable bonds is 6. The number of alkyl halides is 3. The van der Waals surface area contributed by atoms with Crippen molar-refractivity contribution in [1.29, 1.82) is 5.26 Å². The number of hydrogen-bond donors (Lipinski definition) is 1. The van der Waals surface area contributed by atoms with Gasteiger partial charge in [0.15, 0.2) is 5.82 Å². The van der Waals surface area contributed by atoms with Gasteiger partial charge in [-0.3, -0.25) is 0 Å². The van der Waals surface area contributed by atoms with E-state index in [0.29, 0.717) is 28.6 Å². The minimum Gasteiger partial charge on any atom is -0.406 e. The predicted octanol–water partition coefficient (Wildman–Crippen LogP) is 4.70. The summed E-state index contributed by atoms with van der Waals surface area (Å²) in [6.45, 7) is 2.06. The molecule has 0 fully saturated rings. The van der Waals surface area contributed by atoms with Crippen LogP contribution in [0.1, 0.15) is 24.5 Å². The van der Waals surface area contributed by atoms with Crippen molar-refractivity contribution in [3.63, 3.8) is 0 Å². The van der Waals surface area contributed by atoms with Crippen LogP contribution in [0, 0.1) is 11.3 Å². The van der Waals surface area contributed by atoms with Crippen molar-refractivity contribution in [2.45, 2.75) is 26.1 Å². The van der Waals surface area contributed by atoms with Crippen molar-refractivity contribution in [2.75, 3.05) is 12.4 Å². The Labute approximate surface area is 165 Å². The van der Waals surface area contributed by atoms with Crippen molar-refractivity contribution in [3.8, 4) is 28.9 Å². The number of nitrogens with one attached hydrogen (secondary N) is 1. The first-order chi connectivity index (χ1) is 13.8. The maximum absolute atomic E-state index is 12.3. The topological polar surface area (TPSA) is 75.8 Å². The molecule has 1 aromatic heterocycles. The second-order valence-corrected chi connectivity index (χ2v) is 6.20. The fourth-order valence-electron chi connectivity index (χ4n) is 2.88. The molecule has 6 nitrogen and oxygen atoms in total. The molecule has 3 rings (SSSR count). The highest BCUT2D eigenvalue weighted by molar-refractivity contribution is 5.66. The Hall–Kier alpha value is -3.54. The smallest absolute Gasteiger partial charge is 0.406 e. The molecule has 2 aromatic carbocycles. The summed E-state index contributed by atoms with van der Waals surface area (Å²) in [5.41, 5.74) is 2.59. The lowest BCUT2D eigenvalue weighted by Gasteiger charge is -2.10. The highest BCUT2D eigenvalue weighted by Gasteiger charge is 2.31. The van der Waals surface area contributed by atoms with Gasteiger partial charge in [0.25, 0.3) is 0 Å². The van der Waals surface area contributed by atoms with Gasteiger partial charge in [0.1, 0.15) is 5.75 Å².